The summed E-state index contributed by atoms with van der Waals surface area (Å²) >= 11 is 0. The lowest BCUT2D eigenvalue weighted by Crippen LogP contribution is -2.28. The van der Waals surface area contributed by atoms with Gasteiger partial charge in [0.1, 0.15) is 5.75 Å². The Balaban J connectivity index is 1.83. The van der Waals surface area contributed by atoms with Crippen LogP contribution in [0.15, 0.2) is 24.3 Å². The SMILES string of the molecule is O=C(NCc1ccc(OC(F)(F)F)cc1)C1CCCC1. The molecule has 20 heavy (non-hydrogen) atoms. The summed E-state index contributed by atoms with van der Waals surface area (Å²) in [7, 11) is 0. The molecular formula is C14H16F3NO2. The Bertz CT molecular complexity index is 450. The lowest BCUT2D eigenvalue weighted by Gasteiger charge is -2.11. The van der Waals surface area contributed by atoms with Gasteiger partial charge in [0.15, 0.2) is 0 Å². The van der Waals surface area contributed by atoms with Gasteiger partial charge in [-0.25, -0.2) is 0 Å². The van der Waals surface area contributed by atoms with Gasteiger partial charge in [0.25, 0.3) is 0 Å². The van der Waals surface area contributed by atoms with Gasteiger partial charge in [-0.2, -0.15) is 0 Å². The van der Waals surface area contributed by atoms with Crippen LogP contribution in [0.25, 0.3) is 0 Å². The number of carbonyl (C=O) groups excluding carboxylic acids is 1. The second-order valence-corrected chi connectivity index (χ2v) is 4.89. The van der Waals surface area contributed by atoms with Crippen molar-refractivity contribution in [2.75, 3.05) is 0 Å². The molecule has 1 saturated carbocycles. The van der Waals surface area contributed by atoms with Crippen molar-refractivity contribution in [1.29, 1.82) is 0 Å². The summed E-state index contributed by atoms with van der Waals surface area (Å²) in [5, 5.41) is 2.81. The highest BCUT2D eigenvalue weighted by Crippen LogP contribution is 2.25. The van der Waals surface area contributed by atoms with E-state index in [1.807, 2.05) is 0 Å². The average molecular weight is 287 g/mol. The van der Waals surface area contributed by atoms with Gasteiger partial charge >= 0.3 is 6.36 Å². The summed E-state index contributed by atoms with van der Waals surface area (Å²) in [6, 6.07) is 5.50. The smallest absolute Gasteiger partial charge is 0.406 e. The molecule has 0 aromatic heterocycles. The molecule has 110 valence electrons. The van der Waals surface area contributed by atoms with Crippen LogP contribution in [0.5, 0.6) is 5.75 Å². The standard InChI is InChI=1S/C14H16F3NO2/c15-14(16,17)20-12-7-5-10(6-8-12)9-18-13(19)11-3-1-2-4-11/h5-8,11H,1-4,9H2,(H,18,19). The molecule has 1 N–H and O–H groups in total. The zero-order valence-corrected chi connectivity index (χ0v) is 10.9. The fourth-order valence-corrected chi connectivity index (χ4v) is 2.33. The second kappa shape index (κ2) is 6.15. The fraction of sp³-hybridized carbons (Fsp3) is 0.500. The van der Waals surface area contributed by atoms with Crippen LogP contribution in [0.2, 0.25) is 0 Å². The molecule has 0 radical (unpaired) electrons. The molecule has 0 aliphatic heterocycles. The Morgan fingerprint density at radius 2 is 1.80 bits per heavy atom. The van der Waals surface area contributed by atoms with Crippen molar-refractivity contribution in [2.45, 2.75) is 38.6 Å². The lowest BCUT2D eigenvalue weighted by atomic mass is 10.1. The van der Waals surface area contributed by atoms with Crippen molar-refractivity contribution >= 4 is 5.91 Å². The zero-order valence-electron chi connectivity index (χ0n) is 10.9. The first kappa shape index (κ1) is 14.7. The van der Waals surface area contributed by atoms with E-state index in [2.05, 4.69) is 10.1 Å². The average Bonchev–Trinajstić information content (AvgIpc) is 2.89. The third kappa shape index (κ3) is 4.43. The van der Waals surface area contributed by atoms with Crippen LogP contribution in [0.3, 0.4) is 0 Å². The van der Waals surface area contributed by atoms with E-state index in [4.69, 9.17) is 0 Å². The maximum absolute atomic E-state index is 12.0. The van der Waals surface area contributed by atoms with Gasteiger partial charge in [-0.05, 0) is 30.5 Å². The lowest BCUT2D eigenvalue weighted by molar-refractivity contribution is -0.274. The molecular weight excluding hydrogens is 271 g/mol. The summed E-state index contributed by atoms with van der Waals surface area (Å²) in [5.41, 5.74) is 0.742. The minimum atomic E-state index is -4.68. The van der Waals surface area contributed by atoms with Crippen molar-refractivity contribution in [2.24, 2.45) is 5.92 Å². The molecule has 0 spiro atoms. The fourth-order valence-electron chi connectivity index (χ4n) is 2.33. The monoisotopic (exact) mass is 287 g/mol. The second-order valence-electron chi connectivity index (χ2n) is 4.89. The van der Waals surface area contributed by atoms with E-state index < -0.39 is 6.36 Å². The minimum absolute atomic E-state index is 0.0260. The topological polar surface area (TPSA) is 38.3 Å². The Labute approximate surface area is 115 Å². The molecule has 0 unspecified atom stereocenters. The minimum Gasteiger partial charge on any atom is -0.406 e. The van der Waals surface area contributed by atoms with Gasteiger partial charge in [-0.15, -0.1) is 13.2 Å². The molecule has 6 heteroatoms. The van der Waals surface area contributed by atoms with Crippen molar-refractivity contribution in [3.05, 3.63) is 29.8 Å². The van der Waals surface area contributed by atoms with Crippen molar-refractivity contribution in [3.8, 4) is 5.75 Å². The number of amides is 1. The Kier molecular flexibility index (Phi) is 4.52. The number of ether oxygens (including phenoxy) is 1. The molecule has 0 bridgehead atoms. The van der Waals surface area contributed by atoms with Crippen LogP contribution in [0.1, 0.15) is 31.2 Å². The van der Waals surface area contributed by atoms with E-state index in [0.717, 1.165) is 31.2 Å². The van der Waals surface area contributed by atoms with E-state index in [1.54, 1.807) is 0 Å². The van der Waals surface area contributed by atoms with Crippen molar-refractivity contribution in [3.63, 3.8) is 0 Å². The van der Waals surface area contributed by atoms with E-state index in [9.17, 15) is 18.0 Å². The Morgan fingerprint density at radius 3 is 2.35 bits per heavy atom. The molecule has 1 fully saturated rings. The molecule has 0 atom stereocenters. The summed E-state index contributed by atoms with van der Waals surface area (Å²) in [6.07, 6.45) is -0.671. The molecule has 2 rings (SSSR count). The molecule has 3 nitrogen and oxygen atoms in total. The van der Waals surface area contributed by atoms with Gasteiger partial charge in [0.2, 0.25) is 5.91 Å². The number of alkyl halides is 3. The van der Waals surface area contributed by atoms with Gasteiger partial charge < -0.3 is 10.1 Å². The van der Waals surface area contributed by atoms with Crippen LogP contribution in [-0.2, 0) is 11.3 Å². The molecule has 1 aliphatic carbocycles. The quantitative estimate of drug-likeness (QED) is 0.921. The number of hydrogen-bond acceptors (Lipinski definition) is 2. The Morgan fingerprint density at radius 1 is 1.20 bits per heavy atom. The number of rotatable bonds is 4. The number of benzene rings is 1. The first-order valence-electron chi connectivity index (χ1n) is 6.56. The highest BCUT2D eigenvalue weighted by Gasteiger charge is 2.31. The highest BCUT2D eigenvalue weighted by atomic mass is 19.4. The Hall–Kier alpha value is -1.72. The van der Waals surface area contributed by atoms with Crippen molar-refractivity contribution < 1.29 is 22.7 Å². The van der Waals surface area contributed by atoms with Gasteiger partial charge in [0, 0.05) is 12.5 Å². The summed E-state index contributed by atoms with van der Waals surface area (Å²) in [5.74, 6) is -0.149. The highest BCUT2D eigenvalue weighted by molar-refractivity contribution is 5.78. The molecule has 0 saturated heterocycles. The predicted molar refractivity (Wildman–Crippen MR) is 66.9 cm³/mol. The normalized spacial score (nSPS) is 16.1. The molecule has 1 aromatic carbocycles. The zero-order chi connectivity index (χ0) is 14.6. The number of halogens is 3. The van der Waals surface area contributed by atoms with E-state index in [1.165, 1.54) is 24.3 Å². The molecule has 0 heterocycles. The van der Waals surface area contributed by atoms with Crippen LogP contribution < -0.4 is 10.1 Å². The van der Waals surface area contributed by atoms with E-state index in [0.29, 0.717) is 6.54 Å². The van der Waals surface area contributed by atoms with Crippen LogP contribution in [-0.4, -0.2) is 12.3 Å². The maximum atomic E-state index is 12.0. The van der Waals surface area contributed by atoms with Gasteiger partial charge in [-0.3, -0.25) is 4.79 Å². The summed E-state index contributed by atoms with van der Waals surface area (Å²) in [6.45, 7) is 0.321. The van der Waals surface area contributed by atoms with Crippen molar-refractivity contribution in [1.82, 2.24) is 5.32 Å². The van der Waals surface area contributed by atoms with Crippen LogP contribution >= 0.6 is 0 Å². The maximum Gasteiger partial charge on any atom is 0.573 e. The van der Waals surface area contributed by atoms with E-state index >= 15 is 0 Å². The third-order valence-electron chi connectivity index (χ3n) is 3.35. The number of nitrogens with one attached hydrogen (secondary N) is 1. The first-order chi connectivity index (χ1) is 9.44. The van der Waals surface area contributed by atoms with Gasteiger partial charge in [0.05, 0.1) is 0 Å². The predicted octanol–water partition coefficient (Wildman–Crippen LogP) is 3.39. The van der Waals surface area contributed by atoms with Crippen LogP contribution in [0, 0.1) is 5.92 Å². The van der Waals surface area contributed by atoms with Gasteiger partial charge in [-0.1, -0.05) is 25.0 Å². The number of hydrogen-bond donors (Lipinski definition) is 1. The summed E-state index contributed by atoms with van der Waals surface area (Å²) in [4.78, 5) is 11.8. The van der Waals surface area contributed by atoms with Crippen LogP contribution in [0.4, 0.5) is 13.2 Å². The number of carbonyl (C=O) groups is 1. The van der Waals surface area contributed by atoms with E-state index in [-0.39, 0.29) is 17.6 Å². The summed E-state index contributed by atoms with van der Waals surface area (Å²) < 4.78 is 39.7. The molecule has 1 aliphatic rings. The third-order valence-corrected chi connectivity index (χ3v) is 3.35. The first-order valence-corrected chi connectivity index (χ1v) is 6.56. The largest absolute Gasteiger partial charge is 0.573 e. The molecule has 1 amide bonds. The molecule has 1 aromatic rings.